The van der Waals surface area contributed by atoms with Gasteiger partial charge in [0.25, 0.3) is 10.0 Å². The van der Waals surface area contributed by atoms with E-state index in [1.807, 2.05) is 55.5 Å². The molecule has 0 aromatic heterocycles. The summed E-state index contributed by atoms with van der Waals surface area (Å²) in [6.45, 7) is 1.34. The van der Waals surface area contributed by atoms with Gasteiger partial charge < -0.3 is 15.0 Å². The number of nitrogens with one attached hydrogen (secondary N) is 1. The van der Waals surface area contributed by atoms with E-state index in [0.717, 1.165) is 53.1 Å². The molecule has 1 aliphatic rings. The van der Waals surface area contributed by atoms with Gasteiger partial charge in [-0.3, -0.25) is 13.9 Å². The summed E-state index contributed by atoms with van der Waals surface area (Å²) in [5.41, 5.74) is 2.67. The van der Waals surface area contributed by atoms with Crippen molar-refractivity contribution in [1.82, 2.24) is 10.2 Å². The Morgan fingerprint density at radius 2 is 1.54 bits per heavy atom. The fraction of sp³-hybridized carbons (Fsp3) is 0.316. The van der Waals surface area contributed by atoms with Crippen LogP contribution in [0.5, 0.6) is 5.75 Å². The molecule has 0 bridgehead atoms. The molecule has 4 aromatic carbocycles. The van der Waals surface area contributed by atoms with Gasteiger partial charge in [0.2, 0.25) is 11.8 Å². The highest BCUT2D eigenvalue weighted by Gasteiger charge is 2.36. The number of rotatable bonds is 13. The molecule has 1 unspecified atom stereocenters. The van der Waals surface area contributed by atoms with E-state index < -0.39 is 28.5 Å². The van der Waals surface area contributed by atoms with E-state index in [1.54, 1.807) is 49.6 Å². The number of carbonyl (C=O) groups excluding carboxylic acids is 2. The number of anilines is 1. The normalized spacial score (nSPS) is 14.1. The number of carbonyl (C=O) groups is 2. The van der Waals surface area contributed by atoms with Gasteiger partial charge in [-0.25, -0.2) is 8.42 Å². The van der Waals surface area contributed by atoms with Crippen LogP contribution in [0.3, 0.4) is 0 Å². The number of hydrogen-bond acceptors (Lipinski definition) is 5. The quantitative estimate of drug-likeness (QED) is 0.164. The molecule has 0 spiro atoms. The Kier molecular flexibility index (Phi) is 11.8. The molecule has 1 saturated carbocycles. The number of para-hydroxylation sites is 1. The van der Waals surface area contributed by atoms with E-state index in [9.17, 15) is 18.0 Å². The Labute approximate surface area is 288 Å². The van der Waals surface area contributed by atoms with E-state index >= 15 is 0 Å². The summed E-state index contributed by atoms with van der Waals surface area (Å²) in [6.07, 6.45) is 5.19. The monoisotopic (exact) mass is 687 g/mol. The molecule has 4 aromatic rings. The number of benzene rings is 4. The number of halogens is 1. The van der Waals surface area contributed by atoms with Crippen LogP contribution in [0.25, 0.3) is 0 Å². The second-order valence-corrected chi connectivity index (χ2v) is 14.5. The van der Waals surface area contributed by atoms with Crippen molar-refractivity contribution in [3.8, 4) is 5.75 Å². The van der Waals surface area contributed by atoms with E-state index in [2.05, 4.69) is 5.32 Å². The summed E-state index contributed by atoms with van der Waals surface area (Å²) in [5.74, 6) is -0.216. The first-order chi connectivity index (χ1) is 23.2. The van der Waals surface area contributed by atoms with Gasteiger partial charge in [0.15, 0.2) is 0 Å². The molecule has 0 aliphatic heterocycles. The lowest BCUT2D eigenvalue weighted by molar-refractivity contribution is -0.140. The Bertz CT molecular complexity index is 1790. The Morgan fingerprint density at radius 3 is 2.23 bits per heavy atom. The number of hydrogen-bond donors (Lipinski definition) is 1. The highest BCUT2D eigenvalue weighted by Crippen LogP contribution is 2.31. The molecule has 0 heterocycles. The molecular weight excluding hydrogens is 646 g/mol. The maximum Gasteiger partial charge on any atom is 0.264 e. The molecule has 1 fully saturated rings. The van der Waals surface area contributed by atoms with Gasteiger partial charge in [-0.15, -0.1) is 0 Å². The first kappa shape index (κ1) is 35.0. The van der Waals surface area contributed by atoms with E-state index in [4.69, 9.17) is 16.3 Å². The number of sulfonamides is 1. The van der Waals surface area contributed by atoms with Crippen molar-refractivity contribution in [2.45, 2.75) is 69.0 Å². The third-order valence-electron chi connectivity index (χ3n) is 8.72. The van der Waals surface area contributed by atoms with E-state index in [1.165, 1.54) is 17.0 Å². The molecule has 8 nitrogen and oxygen atoms in total. The zero-order valence-corrected chi connectivity index (χ0v) is 28.9. The standard InChI is InChI=1S/C38H42ClN3O5S/c1-28-20-22-33(23-21-28)48(45,46)42(35-19-10-9-18-34(35)39)27-37(43)41(26-30-14-11-17-32(24-30)47-2)36(25-29-12-5-3-6-13-29)38(44)40-31-15-7-4-8-16-31/h3,5-6,9-14,17-24,31,36H,4,7-8,15-16,25-27H2,1-2H3,(H,40,44). The van der Waals surface area contributed by atoms with Crippen LogP contribution in [-0.4, -0.2) is 50.9 Å². The zero-order valence-electron chi connectivity index (χ0n) is 27.3. The van der Waals surface area contributed by atoms with Gasteiger partial charge >= 0.3 is 0 Å². The number of aryl methyl sites for hydroxylation is 1. The Morgan fingerprint density at radius 1 is 0.875 bits per heavy atom. The van der Waals surface area contributed by atoms with Crippen molar-refractivity contribution < 1.29 is 22.7 Å². The van der Waals surface area contributed by atoms with E-state index in [-0.39, 0.29) is 40.5 Å². The summed E-state index contributed by atoms with van der Waals surface area (Å²) in [4.78, 5) is 30.5. The fourth-order valence-electron chi connectivity index (χ4n) is 6.07. The maximum atomic E-state index is 14.7. The summed E-state index contributed by atoms with van der Waals surface area (Å²) in [7, 11) is -2.69. The largest absolute Gasteiger partial charge is 0.497 e. The second kappa shape index (κ2) is 16.2. The number of ether oxygens (including phenoxy) is 1. The van der Waals surface area contributed by atoms with Gasteiger partial charge in [0.1, 0.15) is 18.3 Å². The van der Waals surface area contributed by atoms with Crippen LogP contribution < -0.4 is 14.4 Å². The minimum atomic E-state index is -4.25. The minimum Gasteiger partial charge on any atom is -0.497 e. The first-order valence-electron chi connectivity index (χ1n) is 16.3. The van der Waals surface area contributed by atoms with Crippen LogP contribution in [0.1, 0.15) is 48.8 Å². The van der Waals surface area contributed by atoms with Crippen LogP contribution in [0, 0.1) is 6.92 Å². The van der Waals surface area contributed by atoms with Crippen molar-refractivity contribution in [3.05, 3.63) is 125 Å². The molecule has 0 saturated heterocycles. The van der Waals surface area contributed by atoms with Crippen molar-refractivity contribution in [2.24, 2.45) is 0 Å². The minimum absolute atomic E-state index is 0.0137. The molecule has 48 heavy (non-hydrogen) atoms. The molecule has 1 N–H and O–H groups in total. The van der Waals surface area contributed by atoms with Gasteiger partial charge in [0.05, 0.1) is 22.7 Å². The molecular formula is C38H42ClN3O5S. The van der Waals surface area contributed by atoms with Crippen LogP contribution in [-0.2, 0) is 32.6 Å². The topological polar surface area (TPSA) is 96.0 Å². The molecule has 1 aliphatic carbocycles. The summed E-state index contributed by atoms with van der Waals surface area (Å²) >= 11 is 6.58. The van der Waals surface area contributed by atoms with Crippen LogP contribution in [0.4, 0.5) is 5.69 Å². The second-order valence-electron chi connectivity index (χ2n) is 12.2. The van der Waals surface area contributed by atoms with Crippen molar-refractivity contribution >= 4 is 39.1 Å². The molecule has 5 rings (SSSR count). The number of methoxy groups -OCH3 is 1. The third kappa shape index (κ3) is 8.76. The van der Waals surface area contributed by atoms with Crippen molar-refractivity contribution in [3.63, 3.8) is 0 Å². The highest BCUT2D eigenvalue weighted by molar-refractivity contribution is 7.92. The predicted octanol–water partition coefficient (Wildman–Crippen LogP) is 6.94. The average Bonchev–Trinajstić information content (AvgIpc) is 3.10. The molecule has 0 radical (unpaired) electrons. The van der Waals surface area contributed by atoms with Crippen LogP contribution >= 0.6 is 11.6 Å². The van der Waals surface area contributed by atoms with Crippen LogP contribution in [0.2, 0.25) is 5.02 Å². The highest BCUT2D eigenvalue weighted by atomic mass is 35.5. The molecule has 10 heteroatoms. The lowest BCUT2D eigenvalue weighted by atomic mass is 9.94. The molecule has 252 valence electrons. The number of nitrogens with zero attached hydrogens (tertiary/aromatic N) is 2. The van der Waals surface area contributed by atoms with Gasteiger partial charge in [-0.2, -0.15) is 0 Å². The van der Waals surface area contributed by atoms with E-state index in [0.29, 0.717) is 5.75 Å². The van der Waals surface area contributed by atoms with Gasteiger partial charge in [0, 0.05) is 19.0 Å². The zero-order chi connectivity index (χ0) is 34.1. The van der Waals surface area contributed by atoms with Gasteiger partial charge in [-0.1, -0.05) is 103 Å². The summed E-state index contributed by atoms with van der Waals surface area (Å²) in [6, 6.07) is 28.9. The molecule has 2 amide bonds. The maximum absolute atomic E-state index is 14.7. The SMILES string of the molecule is COc1cccc(CN(C(=O)CN(c2ccccc2Cl)S(=O)(=O)c2ccc(C)cc2)C(Cc2ccccc2)C(=O)NC2CCCCC2)c1. The van der Waals surface area contributed by atoms with Crippen molar-refractivity contribution in [2.75, 3.05) is 18.0 Å². The van der Waals surface area contributed by atoms with Gasteiger partial charge in [-0.05, 0) is 67.3 Å². The average molecular weight is 688 g/mol. The van der Waals surface area contributed by atoms with Crippen LogP contribution in [0.15, 0.2) is 108 Å². The van der Waals surface area contributed by atoms with Crippen molar-refractivity contribution in [1.29, 1.82) is 0 Å². The molecule has 1 atom stereocenters. The number of amides is 2. The predicted molar refractivity (Wildman–Crippen MR) is 190 cm³/mol. The Balaban J connectivity index is 1.58. The first-order valence-corrected chi connectivity index (χ1v) is 18.1. The fourth-order valence-corrected chi connectivity index (χ4v) is 7.79. The lowest BCUT2D eigenvalue weighted by Crippen LogP contribution is -2.55. The summed E-state index contributed by atoms with van der Waals surface area (Å²) in [5, 5.41) is 3.40. The smallest absolute Gasteiger partial charge is 0.264 e. The lowest BCUT2D eigenvalue weighted by Gasteiger charge is -2.35. The Hall–Kier alpha value is -4.34. The third-order valence-corrected chi connectivity index (χ3v) is 10.8. The summed E-state index contributed by atoms with van der Waals surface area (Å²) < 4.78 is 35.0.